The molecule has 12 heavy (non-hydrogen) atoms. The Morgan fingerprint density at radius 1 is 1.42 bits per heavy atom. The van der Waals surface area contributed by atoms with Crippen LogP contribution < -0.4 is 0 Å². The van der Waals surface area contributed by atoms with E-state index in [0.29, 0.717) is 25.6 Å². The predicted molar refractivity (Wildman–Crippen MR) is 50.2 cm³/mol. The standard InChI is InChI=1S/C8H17O3P/c1-4-11-8(9)6-5-7-12(2,3)10/h4-7H2,1-3H3. The van der Waals surface area contributed by atoms with E-state index >= 15 is 0 Å². The molecule has 0 saturated carbocycles. The Hall–Kier alpha value is -0.300. The fourth-order valence-electron chi connectivity index (χ4n) is 0.837. The minimum Gasteiger partial charge on any atom is -0.466 e. The molecule has 0 unspecified atom stereocenters. The van der Waals surface area contributed by atoms with Gasteiger partial charge in [0.2, 0.25) is 0 Å². The molecule has 0 aromatic carbocycles. The van der Waals surface area contributed by atoms with Crippen LogP contribution in [0.25, 0.3) is 0 Å². The number of hydrogen-bond acceptors (Lipinski definition) is 3. The number of carbonyl (C=O) groups is 1. The fourth-order valence-corrected chi connectivity index (χ4v) is 1.76. The molecule has 0 spiro atoms. The van der Waals surface area contributed by atoms with Gasteiger partial charge in [0.15, 0.2) is 0 Å². The van der Waals surface area contributed by atoms with Crippen LogP contribution in [-0.2, 0) is 14.1 Å². The Morgan fingerprint density at radius 2 is 2.00 bits per heavy atom. The number of rotatable bonds is 5. The maximum atomic E-state index is 11.2. The average molecular weight is 192 g/mol. The monoisotopic (exact) mass is 192 g/mol. The van der Waals surface area contributed by atoms with Crippen LogP contribution in [0, 0.1) is 0 Å². The van der Waals surface area contributed by atoms with Gasteiger partial charge in [0.25, 0.3) is 0 Å². The highest BCUT2D eigenvalue weighted by atomic mass is 31.2. The normalized spacial score (nSPS) is 11.2. The molecule has 0 radical (unpaired) electrons. The average Bonchev–Trinajstić information content (AvgIpc) is 1.84. The molecule has 0 amide bonds. The molecule has 0 rings (SSSR count). The van der Waals surface area contributed by atoms with Gasteiger partial charge in [-0.2, -0.15) is 0 Å². The van der Waals surface area contributed by atoms with E-state index in [0.717, 1.165) is 0 Å². The summed E-state index contributed by atoms with van der Waals surface area (Å²) in [6, 6.07) is 0. The molecule has 0 heterocycles. The minimum absolute atomic E-state index is 0.189. The first kappa shape index (κ1) is 11.7. The van der Waals surface area contributed by atoms with Gasteiger partial charge < -0.3 is 9.30 Å². The van der Waals surface area contributed by atoms with Crippen molar-refractivity contribution >= 4 is 13.1 Å². The van der Waals surface area contributed by atoms with E-state index in [4.69, 9.17) is 4.74 Å². The summed E-state index contributed by atoms with van der Waals surface area (Å²) in [5, 5.41) is 0. The number of esters is 1. The molecule has 0 bridgehead atoms. The smallest absolute Gasteiger partial charge is 0.305 e. The Morgan fingerprint density at radius 3 is 2.42 bits per heavy atom. The van der Waals surface area contributed by atoms with Crippen molar-refractivity contribution in [1.29, 1.82) is 0 Å². The van der Waals surface area contributed by atoms with Crippen LogP contribution in [0.1, 0.15) is 19.8 Å². The topological polar surface area (TPSA) is 43.4 Å². The van der Waals surface area contributed by atoms with Crippen molar-refractivity contribution in [1.82, 2.24) is 0 Å². The van der Waals surface area contributed by atoms with Crippen molar-refractivity contribution in [2.75, 3.05) is 26.1 Å². The molecule has 0 fully saturated rings. The summed E-state index contributed by atoms with van der Waals surface area (Å²) >= 11 is 0. The highest BCUT2D eigenvalue weighted by Crippen LogP contribution is 2.36. The first-order valence-electron chi connectivity index (χ1n) is 4.15. The summed E-state index contributed by atoms with van der Waals surface area (Å²) in [6.07, 6.45) is 1.69. The molecule has 4 heteroatoms. The van der Waals surface area contributed by atoms with Gasteiger partial charge in [0, 0.05) is 12.6 Å². The van der Waals surface area contributed by atoms with Gasteiger partial charge in [-0.25, -0.2) is 0 Å². The predicted octanol–water partition coefficient (Wildman–Crippen LogP) is 1.95. The lowest BCUT2D eigenvalue weighted by Gasteiger charge is -2.05. The molecule has 0 saturated heterocycles. The van der Waals surface area contributed by atoms with E-state index in [9.17, 15) is 9.36 Å². The lowest BCUT2D eigenvalue weighted by molar-refractivity contribution is -0.143. The van der Waals surface area contributed by atoms with E-state index in [1.54, 1.807) is 20.3 Å². The van der Waals surface area contributed by atoms with Crippen molar-refractivity contribution in [3.8, 4) is 0 Å². The van der Waals surface area contributed by atoms with Crippen LogP contribution >= 0.6 is 7.14 Å². The minimum atomic E-state index is -1.95. The molecule has 72 valence electrons. The van der Waals surface area contributed by atoms with E-state index in [-0.39, 0.29) is 5.97 Å². The first-order chi connectivity index (χ1) is 5.45. The van der Waals surface area contributed by atoms with Gasteiger partial charge in [-0.1, -0.05) is 0 Å². The Bertz CT molecular complexity index is 183. The quantitative estimate of drug-likeness (QED) is 0.494. The number of ether oxygens (including phenoxy) is 1. The first-order valence-corrected chi connectivity index (χ1v) is 6.94. The summed E-state index contributed by atoms with van der Waals surface area (Å²) in [4.78, 5) is 10.8. The number of carbonyl (C=O) groups excluding carboxylic acids is 1. The Balaban J connectivity index is 3.44. The fraction of sp³-hybridized carbons (Fsp3) is 0.875. The molecular weight excluding hydrogens is 175 g/mol. The lowest BCUT2D eigenvalue weighted by atomic mass is 10.3. The van der Waals surface area contributed by atoms with Gasteiger partial charge in [0.05, 0.1) is 13.7 Å². The third kappa shape index (κ3) is 7.80. The SMILES string of the molecule is CCOC(=O)CCCP(C)(C)=O. The zero-order chi connectivity index (χ0) is 9.61. The molecule has 0 N–H and O–H groups in total. The largest absolute Gasteiger partial charge is 0.466 e. The van der Waals surface area contributed by atoms with Gasteiger partial charge in [0.1, 0.15) is 0 Å². The lowest BCUT2D eigenvalue weighted by Crippen LogP contribution is -2.04. The third-order valence-corrected chi connectivity index (χ3v) is 2.78. The van der Waals surface area contributed by atoms with Gasteiger partial charge in [-0.3, -0.25) is 4.79 Å². The van der Waals surface area contributed by atoms with E-state index < -0.39 is 7.14 Å². The second-order valence-corrected chi connectivity index (χ2v) is 6.80. The molecule has 0 atom stereocenters. The van der Waals surface area contributed by atoms with Crippen LogP contribution in [0.4, 0.5) is 0 Å². The van der Waals surface area contributed by atoms with Crippen molar-refractivity contribution in [3.05, 3.63) is 0 Å². The second-order valence-electron chi connectivity index (χ2n) is 3.21. The highest BCUT2D eigenvalue weighted by molar-refractivity contribution is 7.62. The van der Waals surface area contributed by atoms with E-state index in [1.807, 2.05) is 0 Å². The Labute approximate surface area is 73.9 Å². The van der Waals surface area contributed by atoms with Crippen molar-refractivity contribution in [2.24, 2.45) is 0 Å². The van der Waals surface area contributed by atoms with E-state index in [2.05, 4.69) is 0 Å². The van der Waals surface area contributed by atoms with Crippen molar-refractivity contribution < 1.29 is 14.1 Å². The second kappa shape index (κ2) is 5.36. The maximum Gasteiger partial charge on any atom is 0.305 e. The molecule has 0 aliphatic carbocycles. The molecule has 0 aromatic heterocycles. The molecule has 0 aliphatic heterocycles. The summed E-state index contributed by atoms with van der Waals surface area (Å²) in [7, 11) is -1.95. The Kier molecular flexibility index (Phi) is 5.23. The van der Waals surface area contributed by atoms with Crippen molar-refractivity contribution in [3.63, 3.8) is 0 Å². The molecule has 3 nitrogen and oxygen atoms in total. The van der Waals surface area contributed by atoms with Gasteiger partial charge in [-0.15, -0.1) is 0 Å². The molecular formula is C8H17O3P. The molecule has 0 aliphatic rings. The van der Waals surface area contributed by atoms with Crippen LogP contribution in [0.3, 0.4) is 0 Å². The molecule has 0 aromatic rings. The zero-order valence-electron chi connectivity index (χ0n) is 8.00. The summed E-state index contributed by atoms with van der Waals surface area (Å²) in [5.74, 6) is -0.189. The van der Waals surface area contributed by atoms with E-state index in [1.165, 1.54) is 0 Å². The van der Waals surface area contributed by atoms with Crippen LogP contribution in [-0.4, -0.2) is 32.1 Å². The summed E-state index contributed by atoms with van der Waals surface area (Å²) in [5.41, 5.74) is 0. The van der Waals surface area contributed by atoms with Crippen LogP contribution in [0.15, 0.2) is 0 Å². The van der Waals surface area contributed by atoms with Gasteiger partial charge in [-0.05, 0) is 26.7 Å². The van der Waals surface area contributed by atoms with Gasteiger partial charge >= 0.3 is 5.97 Å². The summed E-state index contributed by atoms with van der Waals surface area (Å²) < 4.78 is 15.9. The maximum absolute atomic E-state index is 11.2. The third-order valence-electron chi connectivity index (χ3n) is 1.38. The highest BCUT2D eigenvalue weighted by Gasteiger charge is 2.08. The van der Waals surface area contributed by atoms with Crippen molar-refractivity contribution in [2.45, 2.75) is 19.8 Å². The summed E-state index contributed by atoms with van der Waals surface area (Å²) in [6.45, 7) is 5.67. The van der Waals surface area contributed by atoms with Crippen LogP contribution in [0.2, 0.25) is 0 Å². The number of hydrogen-bond donors (Lipinski definition) is 0. The zero-order valence-corrected chi connectivity index (χ0v) is 8.89. The van der Waals surface area contributed by atoms with Crippen LogP contribution in [0.5, 0.6) is 0 Å².